The SMILES string of the molecule is C[C@@H]([C@@H](O)[C@H](C)CO[Si](C)(C)C(C)(C)C)[C@H](O)[C@@H](C)COCOCc1ccccc1. The standard InChI is InChI=1S/C24H44O5Si/c1-18(14-27-17-28-16-21-12-10-9-11-13-21)22(25)20(3)23(26)19(2)15-29-30(7,8)24(4,5)6/h9-13,18-20,22-23,25-26H,14-17H2,1-8H3/t18-,19+,20+,22+,23-/m0/s1. The van der Waals surface area contributed by atoms with E-state index in [1.807, 2.05) is 51.1 Å². The van der Waals surface area contributed by atoms with Crippen LogP contribution in [0.25, 0.3) is 0 Å². The Balaban J connectivity index is 2.36. The van der Waals surface area contributed by atoms with Gasteiger partial charge in [-0.3, -0.25) is 0 Å². The molecule has 0 fully saturated rings. The maximum Gasteiger partial charge on any atom is 0.191 e. The van der Waals surface area contributed by atoms with Gasteiger partial charge < -0.3 is 24.1 Å². The van der Waals surface area contributed by atoms with Crippen LogP contribution in [0.15, 0.2) is 30.3 Å². The minimum Gasteiger partial charge on any atom is -0.416 e. The summed E-state index contributed by atoms with van der Waals surface area (Å²) in [5, 5.41) is 21.6. The van der Waals surface area contributed by atoms with E-state index in [2.05, 4.69) is 33.9 Å². The zero-order chi connectivity index (χ0) is 22.9. The molecule has 174 valence electrons. The van der Waals surface area contributed by atoms with Gasteiger partial charge in [0.15, 0.2) is 8.32 Å². The summed E-state index contributed by atoms with van der Waals surface area (Å²) in [5.41, 5.74) is 1.10. The molecule has 0 radical (unpaired) electrons. The van der Waals surface area contributed by atoms with E-state index in [4.69, 9.17) is 13.9 Å². The largest absolute Gasteiger partial charge is 0.416 e. The Hall–Kier alpha value is -0.763. The molecule has 0 unspecified atom stereocenters. The molecule has 0 heterocycles. The lowest BCUT2D eigenvalue weighted by molar-refractivity contribution is -0.0966. The van der Waals surface area contributed by atoms with Crippen LogP contribution in [0, 0.1) is 17.8 Å². The van der Waals surface area contributed by atoms with Gasteiger partial charge in [-0.1, -0.05) is 71.9 Å². The molecule has 0 spiro atoms. The summed E-state index contributed by atoms with van der Waals surface area (Å²) >= 11 is 0. The molecule has 0 aliphatic heterocycles. The van der Waals surface area contributed by atoms with Crippen LogP contribution < -0.4 is 0 Å². The van der Waals surface area contributed by atoms with Gasteiger partial charge in [0.25, 0.3) is 0 Å². The normalized spacial score (nSPS) is 17.9. The molecule has 6 heteroatoms. The fourth-order valence-electron chi connectivity index (χ4n) is 3.02. The van der Waals surface area contributed by atoms with Crippen molar-refractivity contribution in [3.05, 3.63) is 35.9 Å². The summed E-state index contributed by atoms with van der Waals surface area (Å²) in [6, 6.07) is 9.93. The summed E-state index contributed by atoms with van der Waals surface area (Å²) in [6.07, 6.45) is -1.30. The van der Waals surface area contributed by atoms with Gasteiger partial charge >= 0.3 is 0 Å². The van der Waals surface area contributed by atoms with E-state index in [9.17, 15) is 10.2 Å². The Morgan fingerprint density at radius 3 is 1.93 bits per heavy atom. The minimum atomic E-state index is -1.86. The molecule has 2 N–H and O–H groups in total. The van der Waals surface area contributed by atoms with Crippen LogP contribution in [-0.2, 0) is 20.5 Å². The molecular formula is C24H44O5Si. The van der Waals surface area contributed by atoms with E-state index in [0.717, 1.165) is 5.56 Å². The Labute approximate surface area is 184 Å². The molecule has 0 aliphatic carbocycles. The van der Waals surface area contributed by atoms with Crippen LogP contribution in [0.1, 0.15) is 47.1 Å². The van der Waals surface area contributed by atoms with E-state index in [0.29, 0.717) is 19.8 Å². The van der Waals surface area contributed by atoms with Gasteiger partial charge in [0, 0.05) is 24.4 Å². The number of aliphatic hydroxyl groups is 2. The van der Waals surface area contributed by atoms with Crippen LogP contribution in [0.4, 0.5) is 0 Å². The average Bonchev–Trinajstić information content (AvgIpc) is 2.69. The van der Waals surface area contributed by atoms with Crippen molar-refractivity contribution < 1.29 is 24.1 Å². The third-order valence-corrected chi connectivity index (χ3v) is 10.9. The molecule has 0 saturated heterocycles. The van der Waals surface area contributed by atoms with Crippen molar-refractivity contribution >= 4 is 8.32 Å². The highest BCUT2D eigenvalue weighted by molar-refractivity contribution is 6.74. The lowest BCUT2D eigenvalue weighted by Crippen LogP contribution is -2.44. The molecule has 30 heavy (non-hydrogen) atoms. The first kappa shape index (κ1) is 27.3. The van der Waals surface area contributed by atoms with Gasteiger partial charge in [0.2, 0.25) is 0 Å². The number of ether oxygens (including phenoxy) is 2. The van der Waals surface area contributed by atoms with Gasteiger partial charge in [-0.25, -0.2) is 0 Å². The Kier molecular flexibility index (Phi) is 11.2. The average molecular weight is 441 g/mol. The first-order valence-corrected chi connectivity index (χ1v) is 14.0. The van der Waals surface area contributed by atoms with Crippen molar-refractivity contribution in [1.29, 1.82) is 0 Å². The van der Waals surface area contributed by atoms with E-state index >= 15 is 0 Å². The first-order valence-electron chi connectivity index (χ1n) is 11.1. The smallest absolute Gasteiger partial charge is 0.191 e. The maximum atomic E-state index is 10.8. The second-order valence-electron chi connectivity index (χ2n) is 10.2. The highest BCUT2D eigenvalue weighted by Crippen LogP contribution is 2.37. The van der Waals surface area contributed by atoms with Gasteiger partial charge in [-0.05, 0) is 23.7 Å². The number of hydrogen-bond donors (Lipinski definition) is 2. The van der Waals surface area contributed by atoms with Crippen LogP contribution in [0.5, 0.6) is 0 Å². The number of hydrogen-bond acceptors (Lipinski definition) is 5. The first-order chi connectivity index (χ1) is 13.9. The molecule has 5 nitrogen and oxygen atoms in total. The molecule has 0 aliphatic rings. The minimum absolute atomic E-state index is 0.0499. The summed E-state index contributed by atoms with van der Waals surface area (Å²) in [5.74, 6) is -0.429. The topological polar surface area (TPSA) is 68.2 Å². The van der Waals surface area contributed by atoms with E-state index in [-0.39, 0.29) is 29.6 Å². The Morgan fingerprint density at radius 2 is 1.40 bits per heavy atom. The van der Waals surface area contributed by atoms with E-state index in [1.54, 1.807) is 0 Å². The van der Waals surface area contributed by atoms with Crippen molar-refractivity contribution in [2.45, 2.75) is 78.5 Å². The molecule has 0 saturated carbocycles. The molecule has 1 aromatic rings. The molecular weight excluding hydrogens is 396 g/mol. The van der Waals surface area contributed by atoms with E-state index in [1.165, 1.54) is 0 Å². The van der Waals surface area contributed by atoms with E-state index < -0.39 is 20.5 Å². The lowest BCUT2D eigenvalue weighted by Gasteiger charge is -2.38. The number of benzene rings is 1. The van der Waals surface area contributed by atoms with Crippen LogP contribution in [0.3, 0.4) is 0 Å². The lowest BCUT2D eigenvalue weighted by atomic mass is 9.85. The number of aliphatic hydroxyl groups excluding tert-OH is 2. The summed E-state index contributed by atoms with van der Waals surface area (Å²) < 4.78 is 17.3. The molecule has 0 aromatic heterocycles. The Morgan fingerprint density at radius 1 is 0.867 bits per heavy atom. The van der Waals surface area contributed by atoms with Crippen LogP contribution >= 0.6 is 0 Å². The molecule has 0 amide bonds. The monoisotopic (exact) mass is 440 g/mol. The van der Waals surface area contributed by atoms with Crippen molar-refractivity contribution in [1.82, 2.24) is 0 Å². The quantitative estimate of drug-likeness (QED) is 0.261. The highest BCUT2D eigenvalue weighted by Gasteiger charge is 2.38. The van der Waals surface area contributed by atoms with Crippen molar-refractivity contribution in [2.24, 2.45) is 17.8 Å². The van der Waals surface area contributed by atoms with Crippen molar-refractivity contribution in [3.63, 3.8) is 0 Å². The maximum absolute atomic E-state index is 10.8. The molecule has 5 atom stereocenters. The highest BCUT2D eigenvalue weighted by atomic mass is 28.4. The fraction of sp³-hybridized carbons (Fsp3) is 0.750. The van der Waals surface area contributed by atoms with Crippen LogP contribution in [-0.4, -0.2) is 50.7 Å². The third kappa shape index (κ3) is 8.77. The predicted molar refractivity (Wildman–Crippen MR) is 125 cm³/mol. The zero-order valence-electron chi connectivity index (χ0n) is 20.2. The summed E-state index contributed by atoms with van der Waals surface area (Å²) in [6.45, 7) is 18.4. The Bertz CT molecular complexity index is 587. The van der Waals surface area contributed by atoms with Crippen LogP contribution in [0.2, 0.25) is 18.1 Å². The van der Waals surface area contributed by atoms with Gasteiger partial charge in [0.05, 0.1) is 25.4 Å². The van der Waals surface area contributed by atoms with Gasteiger partial charge in [0.1, 0.15) is 6.79 Å². The predicted octanol–water partition coefficient (Wildman–Crippen LogP) is 4.83. The summed E-state index contributed by atoms with van der Waals surface area (Å²) in [4.78, 5) is 0. The zero-order valence-corrected chi connectivity index (χ0v) is 21.2. The molecule has 0 bridgehead atoms. The third-order valence-electron chi connectivity index (χ3n) is 6.42. The summed E-state index contributed by atoms with van der Waals surface area (Å²) in [7, 11) is -1.86. The fourth-order valence-corrected chi connectivity index (χ4v) is 4.13. The van der Waals surface area contributed by atoms with Crippen molar-refractivity contribution in [3.8, 4) is 0 Å². The van der Waals surface area contributed by atoms with Gasteiger partial charge in [-0.2, -0.15) is 0 Å². The molecule has 1 aromatic carbocycles. The second-order valence-corrected chi connectivity index (χ2v) is 15.0. The van der Waals surface area contributed by atoms with Gasteiger partial charge in [-0.15, -0.1) is 0 Å². The number of rotatable bonds is 13. The van der Waals surface area contributed by atoms with Crippen molar-refractivity contribution in [2.75, 3.05) is 20.0 Å². The molecule has 1 rings (SSSR count). The second kappa shape index (κ2) is 12.3.